The largest absolute Gasteiger partial charge is 0.309 e. The van der Waals surface area contributed by atoms with Crippen molar-refractivity contribution in [1.29, 1.82) is 0 Å². The molecule has 0 aliphatic rings. The first kappa shape index (κ1) is 35.2. The summed E-state index contributed by atoms with van der Waals surface area (Å²) in [4.78, 5) is 0. The van der Waals surface area contributed by atoms with E-state index in [1.807, 2.05) is 6.07 Å². The van der Waals surface area contributed by atoms with Crippen molar-refractivity contribution >= 4 is 21.8 Å². The van der Waals surface area contributed by atoms with Crippen LogP contribution in [0, 0.1) is 0 Å². The van der Waals surface area contributed by atoms with Crippen molar-refractivity contribution < 1.29 is 0 Å². The SMILES string of the molecule is c1ccc(-c2ccc(-c3ccc4c(c3)c3cc(-c5ccc(-c6ccccc6)cc5)ccc3n4-c3ccc(-n4nc(-c5ccccc5)cc4-c4ccccc4)cc3)cc2)cc1. The van der Waals surface area contributed by atoms with E-state index >= 15 is 0 Å². The van der Waals surface area contributed by atoms with Crippen LogP contribution in [-0.2, 0) is 0 Å². The highest BCUT2D eigenvalue weighted by atomic mass is 15.3. The molecule has 3 heteroatoms. The number of fused-ring (bicyclic) bond motifs is 3. The van der Waals surface area contributed by atoms with Crippen LogP contribution in [0.25, 0.3) is 100 Å². The fourth-order valence-corrected chi connectivity index (χ4v) is 8.52. The Labute approximate surface area is 349 Å². The van der Waals surface area contributed by atoms with Gasteiger partial charge in [0.25, 0.3) is 0 Å². The van der Waals surface area contributed by atoms with Crippen molar-refractivity contribution in [2.45, 2.75) is 0 Å². The molecule has 9 aromatic carbocycles. The zero-order valence-electron chi connectivity index (χ0n) is 32.9. The lowest BCUT2D eigenvalue weighted by molar-refractivity contribution is 0.891. The first-order chi connectivity index (χ1) is 29.7. The summed E-state index contributed by atoms with van der Waals surface area (Å²) in [5.74, 6) is 0. The molecule has 0 unspecified atom stereocenters. The predicted octanol–water partition coefficient (Wildman–Crippen LogP) is 15.0. The van der Waals surface area contributed by atoms with E-state index in [9.17, 15) is 0 Å². The molecule has 0 bridgehead atoms. The Hall–Kier alpha value is -8.01. The van der Waals surface area contributed by atoms with Gasteiger partial charge in [0.05, 0.1) is 28.1 Å². The van der Waals surface area contributed by atoms with Gasteiger partial charge in [-0.1, -0.05) is 182 Å². The third-order valence-corrected chi connectivity index (χ3v) is 11.6. The van der Waals surface area contributed by atoms with Crippen LogP contribution < -0.4 is 0 Å². The highest BCUT2D eigenvalue weighted by molar-refractivity contribution is 6.11. The molecule has 0 saturated carbocycles. The third kappa shape index (κ3) is 6.49. The molecule has 0 N–H and O–H groups in total. The van der Waals surface area contributed by atoms with Crippen molar-refractivity contribution in [3.05, 3.63) is 237 Å². The van der Waals surface area contributed by atoms with E-state index in [4.69, 9.17) is 5.10 Å². The second-order valence-corrected chi connectivity index (χ2v) is 15.3. The van der Waals surface area contributed by atoms with Crippen molar-refractivity contribution in [1.82, 2.24) is 14.3 Å². The maximum Gasteiger partial charge on any atom is 0.0934 e. The Morgan fingerprint density at radius 2 is 0.617 bits per heavy atom. The normalized spacial score (nSPS) is 11.3. The van der Waals surface area contributed by atoms with Gasteiger partial charge >= 0.3 is 0 Å². The highest BCUT2D eigenvalue weighted by Gasteiger charge is 2.17. The maximum absolute atomic E-state index is 5.15. The fourth-order valence-electron chi connectivity index (χ4n) is 8.52. The molecule has 0 aliphatic heterocycles. The van der Waals surface area contributed by atoms with Crippen LogP contribution in [0.5, 0.6) is 0 Å². The summed E-state index contributed by atoms with van der Waals surface area (Å²) in [5.41, 5.74) is 18.3. The summed E-state index contributed by atoms with van der Waals surface area (Å²) in [6.45, 7) is 0. The second kappa shape index (κ2) is 15.1. The van der Waals surface area contributed by atoms with E-state index in [2.05, 4.69) is 240 Å². The van der Waals surface area contributed by atoms with E-state index in [1.54, 1.807) is 0 Å². The Morgan fingerprint density at radius 1 is 0.267 bits per heavy atom. The summed E-state index contributed by atoms with van der Waals surface area (Å²) in [7, 11) is 0. The average Bonchev–Trinajstić information content (AvgIpc) is 3.93. The van der Waals surface area contributed by atoms with Gasteiger partial charge in [-0.25, -0.2) is 4.68 Å². The fraction of sp³-hybridized carbons (Fsp3) is 0. The lowest BCUT2D eigenvalue weighted by Crippen LogP contribution is -2.00. The van der Waals surface area contributed by atoms with Gasteiger partial charge in [-0.2, -0.15) is 5.10 Å². The number of rotatable bonds is 8. The molecule has 0 amide bonds. The molecule has 11 aromatic rings. The maximum atomic E-state index is 5.15. The minimum absolute atomic E-state index is 0.942. The Balaban J connectivity index is 1.02. The van der Waals surface area contributed by atoms with Crippen LogP contribution >= 0.6 is 0 Å². The molecule has 60 heavy (non-hydrogen) atoms. The number of aromatic nitrogens is 3. The average molecular weight is 766 g/mol. The van der Waals surface area contributed by atoms with Gasteiger partial charge in [-0.05, 0) is 99.1 Å². The topological polar surface area (TPSA) is 22.8 Å². The molecule has 0 aliphatic carbocycles. The van der Waals surface area contributed by atoms with Crippen LogP contribution in [-0.4, -0.2) is 14.3 Å². The van der Waals surface area contributed by atoms with Crippen LogP contribution in [0.3, 0.4) is 0 Å². The second-order valence-electron chi connectivity index (χ2n) is 15.3. The summed E-state index contributed by atoms with van der Waals surface area (Å²) in [6, 6.07) is 84.7. The van der Waals surface area contributed by atoms with Gasteiger partial charge in [-0.15, -0.1) is 0 Å². The Morgan fingerprint density at radius 3 is 1.07 bits per heavy atom. The number of hydrogen-bond acceptors (Lipinski definition) is 1. The highest BCUT2D eigenvalue weighted by Crippen LogP contribution is 2.38. The van der Waals surface area contributed by atoms with Crippen LogP contribution in [0.15, 0.2) is 237 Å². The van der Waals surface area contributed by atoms with Crippen LogP contribution in [0.4, 0.5) is 0 Å². The van der Waals surface area contributed by atoms with E-state index in [0.29, 0.717) is 0 Å². The molecular weight excluding hydrogens is 727 g/mol. The predicted molar refractivity (Wildman–Crippen MR) is 251 cm³/mol. The van der Waals surface area contributed by atoms with E-state index in [0.717, 1.165) is 44.9 Å². The molecule has 0 saturated heterocycles. The summed E-state index contributed by atoms with van der Waals surface area (Å²) < 4.78 is 4.47. The molecule has 2 heterocycles. The van der Waals surface area contributed by atoms with Crippen molar-refractivity contribution in [2.75, 3.05) is 0 Å². The standard InChI is InChI=1S/C57H39N3/c1-5-13-40(14-6-1)42-21-25-44(26-22-42)48-29-35-55-52(37-48)53-38-49(45-27-23-43(24-28-45)41-15-7-2-8-16-41)30-36-56(53)59(55)50-31-33-51(34-32-50)60-57(47-19-11-4-12-20-47)39-54(58-60)46-17-9-3-10-18-46/h1-39H. The first-order valence-electron chi connectivity index (χ1n) is 20.5. The van der Waals surface area contributed by atoms with Gasteiger partial charge in [0.1, 0.15) is 0 Å². The molecule has 0 radical (unpaired) electrons. The molecule has 0 fully saturated rings. The molecule has 11 rings (SSSR count). The zero-order chi connectivity index (χ0) is 39.8. The van der Waals surface area contributed by atoms with Crippen LogP contribution in [0.2, 0.25) is 0 Å². The van der Waals surface area contributed by atoms with Crippen molar-refractivity contribution in [2.24, 2.45) is 0 Å². The number of nitrogens with zero attached hydrogens (tertiary/aromatic N) is 3. The molecule has 282 valence electrons. The lowest BCUT2D eigenvalue weighted by Gasteiger charge is -2.12. The zero-order valence-corrected chi connectivity index (χ0v) is 32.9. The monoisotopic (exact) mass is 765 g/mol. The van der Waals surface area contributed by atoms with E-state index in [-0.39, 0.29) is 0 Å². The van der Waals surface area contributed by atoms with E-state index < -0.39 is 0 Å². The number of hydrogen-bond donors (Lipinski definition) is 0. The minimum atomic E-state index is 0.942. The quantitative estimate of drug-likeness (QED) is 0.151. The lowest BCUT2D eigenvalue weighted by atomic mass is 9.97. The Bertz CT molecular complexity index is 3100. The molecular formula is C57H39N3. The van der Waals surface area contributed by atoms with Crippen LogP contribution in [0.1, 0.15) is 0 Å². The van der Waals surface area contributed by atoms with Gasteiger partial charge in [0, 0.05) is 27.6 Å². The molecule has 0 spiro atoms. The van der Waals surface area contributed by atoms with Gasteiger partial charge in [-0.3, -0.25) is 0 Å². The van der Waals surface area contributed by atoms with Crippen molar-refractivity contribution in [3.8, 4) is 78.4 Å². The van der Waals surface area contributed by atoms with E-state index in [1.165, 1.54) is 55.3 Å². The summed E-state index contributed by atoms with van der Waals surface area (Å²) in [6.07, 6.45) is 0. The van der Waals surface area contributed by atoms with Gasteiger partial charge in [0.2, 0.25) is 0 Å². The third-order valence-electron chi connectivity index (χ3n) is 11.6. The Kier molecular flexibility index (Phi) is 8.83. The molecule has 2 aromatic heterocycles. The number of benzene rings is 9. The first-order valence-corrected chi connectivity index (χ1v) is 20.5. The minimum Gasteiger partial charge on any atom is -0.309 e. The molecule has 3 nitrogen and oxygen atoms in total. The van der Waals surface area contributed by atoms with Crippen molar-refractivity contribution in [3.63, 3.8) is 0 Å². The molecule has 0 atom stereocenters. The summed E-state index contributed by atoms with van der Waals surface area (Å²) in [5, 5.41) is 7.58. The summed E-state index contributed by atoms with van der Waals surface area (Å²) >= 11 is 0. The van der Waals surface area contributed by atoms with Gasteiger partial charge in [0.15, 0.2) is 0 Å². The van der Waals surface area contributed by atoms with Gasteiger partial charge < -0.3 is 4.57 Å². The smallest absolute Gasteiger partial charge is 0.0934 e.